The minimum atomic E-state index is -0.408. The van der Waals surface area contributed by atoms with Crippen molar-refractivity contribution in [3.05, 3.63) is 64.5 Å². The van der Waals surface area contributed by atoms with Crippen molar-refractivity contribution in [3.63, 3.8) is 0 Å². The van der Waals surface area contributed by atoms with Crippen molar-refractivity contribution in [1.29, 1.82) is 0 Å². The molecule has 9 nitrogen and oxygen atoms in total. The number of nitrogens with one attached hydrogen (secondary N) is 1. The Balaban J connectivity index is 1.31. The number of piperidine rings is 1. The van der Waals surface area contributed by atoms with Gasteiger partial charge in [-0.25, -0.2) is 4.68 Å². The van der Waals surface area contributed by atoms with E-state index in [1.807, 2.05) is 30.3 Å². The van der Waals surface area contributed by atoms with Crippen LogP contribution in [-0.4, -0.2) is 56.9 Å². The average Bonchev–Trinajstić information content (AvgIpc) is 3.27. The molecular weight excluding hydrogens is 408 g/mol. The summed E-state index contributed by atoms with van der Waals surface area (Å²) in [5.41, 5.74) is 1.27. The summed E-state index contributed by atoms with van der Waals surface area (Å²) < 4.78 is 6.35. The van der Waals surface area contributed by atoms with Gasteiger partial charge >= 0.3 is 11.8 Å². The second-order valence-corrected chi connectivity index (χ2v) is 8.25. The van der Waals surface area contributed by atoms with Crippen LogP contribution in [0.5, 0.6) is 0 Å². The Kier molecular flexibility index (Phi) is 7.06. The SMILES string of the molecule is C[C@H]1CCCN(CCCNC(=O)c2nc(Cn3nc(-c4ccccc4)ccc3=O)no2)C1. The van der Waals surface area contributed by atoms with Crippen LogP contribution in [0.1, 0.15) is 42.7 Å². The molecule has 1 saturated heterocycles. The number of likely N-dealkylation sites (tertiary alicyclic amines) is 1. The Bertz CT molecular complexity index is 1090. The van der Waals surface area contributed by atoms with Gasteiger partial charge in [-0.05, 0) is 44.3 Å². The largest absolute Gasteiger partial charge is 0.348 e. The molecule has 3 aromatic rings. The van der Waals surface area contributed by atoms with E-state index in [1.165, 1.54) is 23.6 Å². The predicted molar refractivity (Wildman–Crippen MR) is 119 cm³/mol. The monoisotopic (exact) mass is 436 g/mol. The highest BCUT2D eigenvalue weighted by molar-refractivity contribution is 5.89. The van der Waals surface area contributed by atoms with E-state index in [2.05, 4.69) is 32.4 Å². The molecule has 4 rings (SSSR count). The third-order valence-electron chi connectivity index (χ3n) is 5.57. The molecule has 3 heterocycles. The van der Waals surface area contributed by atoms with Gasteiger partial charge in [-0.3, -0.25) is 9.59 Å². The Morgan fingerprint density at radius 1 is 1.22 bits per heavy atom. The second-order valence-electron chi connectivity index (χ2n) is 8.25. The number of nitrogens with zero attached hydrogens (tertiary/aromatic N) is 5. The normalized spacial score (nSPS) is 16.7. The van der Waals surface area contributed by atoms with Gasteiger partial charge in [0.25, 0.3) is 5.56 Å². The fraction of sp³-hybridized carbons (Fsp3) is 0.435. The summed E-state index contributed by atoms with van der Waals surface area (Å²) in [4.78, 5) is 31.1. The third-order valence-corrected chi connectivity index (χ3v) is 5.57. The number of benzene rings is 1. The molecule has 32 heavy (non-hydrogen) atoms. The standard InChI is InChI=1S/C23H28N6O3/c1-17-7-5-13-28(15-17)14-6-12-24-22(31)23-25-20(27-32-23)16-29-21(30)11-10-19(26-29)18-8-3-2-4-9-18/h2-4,8-11,17H,5-7,12-16H2,1H3,(H,24,31)/t17-/m0/s1. The molecule has 0 unspecified atom stereocenters. The quantitative estimate of drug-likeness (QED) is 0.540. The molecule has 0 saturated carbocycles. The van der Waals surface area contributed by atoms with Crippen molar-refractivity contribution in [2.24, 2.45) is 5.92 Å². The lowest BCUT2D eigenvalue weighted by molar-refractivity contribution is 0.0906. The highest BCUT2D eigenvalue weighted by Crippen LogP contribution is 2.15. The minimum Gasteiger partial charge on any atom is -0.348 e. The van der Waals surface area contributed by atoms with Crippen molar-refractivity contribution >= 4 is 5.91 Å². The van der Waals surface area contributed by atoms with Gasteiger partial charge in [0.1, 0.15) is 6.54 Å². The maximum absolute atomic E-state index is 12.3. The molecule has 1 amide bonds. The Hall–Kier alpha value is -3.33. The smallest absolute Gasteiger partial charge is 0.316 e. The van der Waals surface area contributed by atoms with Crippen molar-refractivity contribution in [1.82, 2.24) is 30.1 Å². The first-order valence-electron chi connectivity index (χ1n) is 11.1. The summed E-state index contributed by atoms with van der Waals surface area (Å²) in [5.74, 6) is 0.441. The third kappa shape index (κ3) is 5.67. The zero-order chi connectivity index (χ0) is 22.3. The van der Waals surface area contributed by atoms with Gasteiger partial charge < -0.3 is 14.7 Å². The molecule has 0 bridgehead atoms. The van der Waals surface area contributed by atoms with Crippen LogP contribution in [0, 0.1) is 5.92 Å². The molecule has 0 spiro atoms. The summed E-state index contributed by atoms with van der Waals surface area (Å²) in [6.07, 6.45) is 3.40. The van der Waals surface area contributed by atoms with Crippen LogP contribution in [0.15, 0.2) is 51.8 Å². The fourth-order valence-electron chi connectivity index (χ4n) is 3.94. The molecule has 2 aromatic heterocycles. The van der Waals surface area contributed by atoms with Crippen LogP contribution in [0.3, 0.4) is 0 Å². The van der Waals surface area contributed by atoms with Crippen LogP contribution < -0.4 is 10.9 Å². The maximum atomic E-state index is 12.3. The van der Waals surface area contributed by atoms with Crippen LogP contribution in [-0.2, 0) is 6.54 Å². The van der Waals surface area contributed by atoms with Gasteiger partial charge in [-0.2, -0.15) is 10.1 Å². The molecule has 1 N–H and O–H groups in total. The number of hydrogen-bond acceptors (Lipinski definition) is 7. The van der Waals surface area contributed by atoms with Crippen LogP contribution >= 0.6 is 0 Å². The topological polar surface area (TPSA) is 106 Å². The van der Waals surface area contributed by atoms with Crippen LogP contribution in [0.4, 0.5) is 0 Å². The van der Waals surface area contributed by atoms with E-state index in [1.54, 1.807) is 6.07 Å². The first kappa shape index (κ1) is 21.9. The second kappa shape index (κ2) is 10.3. The summed E-state index contributed by atoms with van der Waals surface area (Å²) in [7, 11) is 0. The number of rotatable bonds is 8. The van der Waals surface area contributed by atoms with Gasteiger partial charge in [0, 0.05) is 24.7 Å². The van der Waals surface area contributed by atoms with E-state index in [-0.39, 0.29) is 23.8 Å². The Labute approximate surface area is 186 Å². The van der Waals surface area contributed by atoms with Crippen molar-refractivity contribution in [3.8, 4) is 11.3 Å². The number of carbonyl (C=O) groups is 1. The molecule has 1 fully saturated rings. The van der Waals surface area contributed by atoms with Gasteiger partial charge in [0.15, 0.2) is 5.82 Å². The predicted octanol–water partition coefficient (Wildman–Crippen LogP) is 2.19. The van der Waals surface area contributed by atoms with E-state index >= 15 is 0 Å². The summed E-state index contributed by atoms with van der Waals surface area (Å²) in [5, 5.41) is 11.0. The number of aromatic nitrogens is 4. The lowest BCUT2D eigenvalue weighted by Gasteiger charge is -2.30. The molecule has 1 aromatic carbocycles. The highest BCUT2D eigenvalue weighted by atomic mass is 16.5. The Morgan fingerprint density at radius 3 is 2.88 bits per heavy atom. The minimum absolute atomic E-state index is 0.0173. The molecule has 9 heteroatoms. The van der Waals surface area contributed by atoms with Crippen LogP contribution in [0.25, 0.3) is 11.3 Å². The van der Waals surface area contributed by atoms with Gasteiger partial charge in [-0.15, -0.1) is 0 Å². The molecular formula is C23H28N6O3. The van der Waals surface area contributed by atoms with E-state index in [4.69, 9.17) is 4.52 Å². The molecule has 0 aliphatic carbocycles. The van der Waals surface area contributed by atoms with Crippen molar-refractivity contribution in [2.45, 2.75) is 32.7 Å². The number of amides is 1. The Morgan fingerprint density at radius 2 is 2.06 bits per heavy atom. The van der Waals surface area contributed by atoms with Crippen LogP contribution in [0.2, 0.25) is 0 Å². The molecule has 1 aliphatic rings. The number of carbonyl (C=O) groups excluding carboxylic acids is 1. The molecule has 168 valence electrons. The van der Waals surface area contributed by atoms with Crippen molar-refractivity contribution in [2.75, 3.05) is 26.2 Å². The summed E-state index contributed by atoms with van der Waals surface area (Å²) in [6, 6.07) is 12.7. The van der Waals surface area contributed by atoms with Gasteiger partial charge in [-0.1, -0.05) is 42.4 Å². The lowest BCUT2D eigenvalue weighted by atomic mass is 10.0. The fourth-order valence-corrected chi connectivity index (χ4v) is 3.94. The van der Waals surface area contributed by atoms with E-state index in [0.29, 0.717) is 12.2 Å². The van der Waals surface area contributed by atoms with Gasteiger partial charge in [0.2, 0.25) is 0 Å². The zero-order valence-corrected chi connectivity index (χ0v) is 18.2. The maximum Gasteiger partial charge on any atom is 0.316 e. The zero-order valence-electron chi connectivity index (χ0n) is 18.2. The molecule has 0 radical (unpaired) electrons. The van der Waals surface area contributed by atoms with E-state index in [9.17, 15) is 9.59 Å². The van der Waals surface area contributed by atoms with Crippen molar-refractivity contribution < 1.29 is 9.32 Å². The average molecular weight is 437 g/mol. The first-order valence-corrected chi connectivity index (χ1v) is 11.1. The molecule has 1 atom stereocenters. The number of hydrogen-bond donors (Lipinski definition) is 1. The lowest BCUT2D eigenvalue weighted by Crippen LogP contribution is -2.36. The van der Waals surface area contributed by atoms with E-state index < -0.39 is 5.91 Å². The molecule has 1 aliphatic heterocycles. The van der Waals surface area contributed by atoms with E-state index in [0.717, 1.165) is 37.5 Å². The van der Waals surface area contributed by atoms with Gasteiger partial charge in [0.05, 0.1) is 5.69 Å². The summed E-state index contributed by atoms with van der Waals surface area (Å²) >= 11 is 0. The first-order chi connectivity index (χ1) is 15.6. The highest BCUT2D eigenvalue weighted by Gasteiger charge is 2.18. The summed E-state index contributed by atoms with van der Waals surface area (Å²) in [6.45, 7) is 6.06.